The number of halogens is 1. The van der Waals surface area contributed by atoms with Crippen LogP contribution in [0.25, 0.3) is 0 Å². The monoisotopic (exact) mass is 241 g/mol. The number of nitrogen functional groups attached to an aromatic ring is 1. The Morgan fingerprint density at radius 3 is 3.00 bits per heavy atom. The lowest BCUT2D eigenvalue weighted by Gasteiger charge is -2.04. The van der Waals surface area contributed by atoms with Crippen molar-refractivity contribution in [3.63, 3.8) is 0 Å². The summed E-state index contributed by atoms with van der Waals surface area (Å²) in [6.45, 7) is 0.402. The Balaban J connectivity index is 2.36. The molecule has 2 rings (SSSR count). The molecule has 0 aliphatic rings. The van der Waals surface area contributed by atoms with E-state index in [2.05, 4.69) is 4.98 Å². The molecule has 2 heterocycles. The smallest absolute Gasteiger partial charge is 0.347 e. The first-order chi connectivity index (χ1) is 7.16. The van der Waals surface area contributed by atoms with Gasteiger partial charge in [-0.15, -0.1) is 0 Å². The predicted octanol–water partition coefficient (Wildman–Crippen LogP) is 1.59. The standard InChI is InChI=1S/C9H8ClN3OS/c10-8-5-15-4-6(8)2-13-3-7(11)1-12-9(13)14/h1,3-5H,2,11H2. The van der Waals surface area contributed by atoms with Crippen molar-refractivity contribution >= 4 is 28.6 Å². The lowest BCUT2D eigenvalue weighted by atomic mass is 10.3. The van der Waals surface area contributed by atoms with Gasteiger partial charge in [0.25, 0.3) is 0 Å². The van der Waals surface area contributed by atoms with E-state index in [-0.39, 0.29) is 5.69 Å². The quantitative estimate of drug-likeness (QED) is 0.869. The van der Waals surface area contributed by atoms with E-state index in [1.807, 2.05) is 10.8 Å². The Morgan fingerprint density at radius 2 is 2.33 bits per heavy atom. The van der Waals surface area contributed by atoms with E-state index >= 15 is 0 Å². The number of aromatic nitrogens is 2. The summed E-state index contributed by atoms with van der Waals surface area (Å²) in [5.41, 5.74) is 6.57. The normalized spacial score (nSPS) is 10.5. The SMILES string of the molecule is Nc1cnc(=O)n(Cc2cscc2Cl)c1. The van der Waals surface area contributed by atoms with Crippen LogP contribution in [0.3, 0.4) is 0 Å². The highest BCUT2D eigenvalue weighted by Crippen LogP contribution is 2.21. The zero-order chi connectivity index (χ0) is 10.8. The zero-order valence-electron chi connectivity index (χ0n) is 7.68. The summed E-state index contributed by atoms with van der Waals surface area (Å²) in [7, 11) is 0. The van der Waals surface area contributed by atoms with Gasteiger partial charge in [0.05, 0.1) is 23.5 Å². The van der Waals surface area contributed by atoms with Gasteiger partial charge in [-0.1, -0.05) is 11.6 Å². The van der Waals surface area contributed by atoms with Gasteiger partial charge in [0, 0.05) is 17.1 Å². The molecule has 0 fully saturated rings. The molecule has 0 radical (unpaired) electrons. The molecule has 15 heavy (non-hydrogen) atoms. The van der Waals surface area contributed by atoms with Gasteiger partial charge >= 0.3 is 5.69 Å². The summed E-state index contributed by atoms with van der Waals surface area (Å²) >= 11 is 7.42. The highest BCUT2D eigenvalue weighted by molar-refractivity contribution is 7.08. The topological polar surface area (TPSA) is 60.9 Å². The van der Waals surface area contributed by atoms with Crippen molar-refractivity contribution in [1.82, 2.24) is 9.55 Å². The molecule has 0 amide bonds. The van der Waals surface area contributed by atoms with E-state index in [1.54, 1.807) is 6.20 Å². The second kappa shape index (κ2) is 4.04. The summed E-state index contributed by atoms with van der Waals surface area (Å²) in [6.07, 6.45) is 2.90. The third-order valence-corrected chi connectivity index (χ3v) is 3.18. The van der Waals surface area contributed by atoms with Crippen LogP contribution in [0.1, 0.15) is 5.56 Å². The van der Waals surface area contributed by atoms with E-state index in [9.17, 15) is 4.79 Å². The predicted molar refractivity (Wildman–Crippen MR) is 61.3 cm³/mol. The molecule has 2 aromatic heterocycles. The summed E-state index contributed by atoms with van der Waals surface area (Å²) in [5, 5.41) is 4.38. The van der Waals surface area contributed by atoms with Crippen molar-refractivity contribution in [3.05, 3.63) is 44.2 Å². The van der Waals surface area contributed by atoms with Crippen molar-refractivity contribution in [2.45, 2.75) is 6.54 Å². The van der Waals surface area contributed by atoms with Gasteiger partial charge < -0.3 is 5.73 Å². The van der Waals surface area contributed by atoms with Crippen LogP contribution in [0.5, 0.6) is 0 Å². The van der Waals surface area contributed by atoms with Crippen LogP contribution in [0, 0.1) is 0 Å². The molecule has 0 aliphatic carbocycles. The third-order valence-electron chi connectivity index (χ3n) is 1.90. The summed E-state index contributed by atoms with van der Waals surface area (Å²) < 4.78 is 1.43. The maximum absolute atomic E-state index is 11.4. The van der Waals surface area contributed by atoms with Crippen molar-refractivity contribution < 1.29 is 0 Å². The lowest BCUT2D eigenvalue weighted by Crippen LogP contribution is -2.22. The van der Waals surface area contributed by atoms with Crippen molar-refractivity contribution in [2.24, 2.45) is 0 Å². The van der Waals surface area contributed by atoms with Crippen LogP contribution in [0.2, 0.25) is 5.02 Å². The van der Waals surface area contributed by atoms with Crippen LogP contribution in [0.15, 0.2) is 27.9 Å². The fraction of sp³-hybridized carbons (Fsp3) is 0.111. The number of thiophene rings is 1. The first-order valence-electron chi connectivity index (χ1n) is 4.19. The van der Waals surface area contributed by atoms with Gasteiger partial charge in [-0.25, -0.2) is 4.79 Å². The molecule has 2 aromatic rings. The Hall–Kier alpha value is -1.33. The maximum Gasteiger partial charge on any atom is 0.347 e. The summed E-state index contributed by atoms with van der Waals surface area (Å²) in [4.78, 5) is 15.0. The highest BCUT2D eigenvalue weighted by atomic mass is 35.5. The molecule has 6 heteroatoms. The number of nitrogens with two attached hydrogens (primary N) is 1. The molecule has 0 aromatic carbocycles. The second-order valence-electron chi connectivity index (χ2n) is 3.04. The van der Waals surface area contributed by atoms with Crippen molar-refractivity contribution in [3.8, 4) is 0 Å². The van der Waals surface area contributed by atoms with Crippen LogP contribution in [-0.4, -0.2) is 9.55 Å². The summed E-state index contributed by atoms with van der Waals surface area (Å²) in [6, 6.07) is 0. The number of hydrogen-bond acceptors (Lipinski definition) is 4. The average Bonchev–Trinajstić information content (AvgIpc) is 2.58. The molecule has 0 bridgehead atoms. The fourth-order valence-corrected chi connectivity index (χ4v) is 2.23. The van der Waals surface area contributed by atoms with Crippen LogP contribution in [-0.2, 0) is 6.54 Å². The number of nitrogens with zero attached hydrogens (tertiary/aromatic N) is 2. The second-order valence-corrected chi connectivity index (χ2v) is 4.19. The number of hydrogen-bond donors (Lipinski definition) is 1. The van der Waals surface area contributed by atoms with E-state index in [0.717, 1.165) is 5.56 Å². The molecule has 2 N–H and O–H groups in total. The van der Waals surface area contributed by atoms with Gasteiger partial charge in [-0.3, -0.25) is 4.57 Å². The first kappa shape index (κ1) is 10.2. The molecular weight excluding hydrogens is 234 g/mol. The maximum atomic E-state index is 11.4. The van der Waals surface area contributed by atoms with E-state index in [1.165, 1.54) is 22.1 Å². The van der Waals surface area contributed by atoms with Crippen molar-refractivity contribution in [2.75, 3.05) is 5.73 Å². The third kappa shape index (κ3) is 2.19. The first-order valence-corrected chi connectivity index (χ1v) is 5.51. The Bertz CT molecular complexity index is 534. The molecule has 78 valence electrons. The van der Waals surface area contributed by atoms with Gasteiger partial charge in [-0.05, 0) is 5.38 Å². The van der Waals surface area contributed by atoms with Gasteiger partial charge in [0.2, 0.25) is 0 Å². The molecule has 0 unspecified atom stereocenters. The minimum absolute atomic E-state index is 0.327. The molecule has 0 saturated heterocycles. The highest BCUT2D eigenvalue weighted by Gasteiger charge is 2.04. The Morgan fingerprint density at radius 1 is 1.53 bits per heavy atom. The largest absolute Gasteiger partial charge is 0.396 e. The van der Waals surface area contributed by atoms with Gasteiger partial charge in [-0.2, -0.15) is 16.3 Å². The fourth-order valence-electron chi connectivity index (χ4n) is 1.19. The van der Waals surface area contributed by atoms with Crippen LogP contribution in [0.4, 0.5) is 5.69 Å². The van der Waals surface area contributed by atoms with Crippen LogP contribution >= 0.6 is 22.9 Å². The number of anilines is 1. The summed E-state index contributed by atoms with van der Waals surface area (Å²) in [5.74, 6) is 0. The molecule has 0 atom stereocenters. The molecule has 4 nitrogen and oxygen atoms in total. The van der Waals surface area contributed by atoms with E-state index in [0.29, 0.717) is 17.3 Å². The molecule has 0 aliphatic heterocycles. The van der Waals surface area contributed by atoms with Crippen LogP contribution < -0.4 is 11.4 Å². The molecular formula is C9H8ClN3OS. The van der Waals surface area contributed by atoms with E-state index < -0.39 is 0 Å². The number of rotatable bonds is 2. The van der Waals surface area contributed by atoms with Gasteiger partial charge in [0.15, 0.2) is 0 Å². The minimum Gasteiger partial charge on any atom is -0.396 e. The Labute approximate surface area is 94.9 Å². The van der Waals surface area contributed by atoms with Gasteiger partial charge in [0.1, 0.15) is 0 Å². The molecule has 0 spiro atoms. The zero-order valence-corrected chi connectivity index (χ0v) is 9.26. The van der Waals surface area contributed by atoms with Crippen molar-refractivity contribution in [1.29, 1.82) is 0 Å². The Kier molecular flexibility index (Phi) is 2.75. The van der Waals surface area contributed by atoms with E-state index in [4.69, 9.17) is 17.3 Å². The lowest BCUT2D eigenvalue weighted by molar-refractivity contribution is 0.731. The molecule has 0 saturated carbocycles. The average molecular weight is 242 g/mol. The minimum atomic E-state index is -0.327.